The Morgan fingerprint density at radius 2 is 1.86 bits per heavy atom. The van der Waals surface area contributed by atoms with Crippen LogP contribution in [0.15, 0.2) is 69.9 Å². The summed E-state index contributed by atoms with van der Waals surface area (Å²) in [7, 11) is 1.55. The zero-order valence-corrected chi connectivity index (χ0v) is 20.8. The van der Waals surface area contributed by atoms with Crippen LogP contribution in [0.25, 0.3) is 15.9 Å². The van der Waals surface area contributed by atoms with E-state index in [1.54, 1.807) is 42.8 Å². The summed E-state index contributed by atoms with van der Waals surface area (Å²) in [4.78, 5) is 19.5. The third-order valence-electron chi connectivity index (χ3n) is 5.26. The molecule has 5 aromatic rings. The lowest BCUT2D eigenvalue weighted by Gasteiger charge is -2.13. The number of alkyl halides is 3. The van der Waals surface area contributed by atoms with Gasteiger partial charge in [-0.05, 0) is 53.9 Å². The van der Waals surface area contributed by atoms with Gasteiger partial charge in [-0.3, -0.25) is 9.36 Å². The van der Waals surface area contributed by atoms with Crippen molar-refractivity contribution in [2.24, 2.45) is 0 Å². The maximum atomic E-state index is 13.4. The van der Waals surface area contributed by atoms with Crippen LogP contribution in [0.2, 0.25) is 0 Å². The summed E-state index contributed by atoms with van der Waals surface area (Å²) in [6.07, 6.45) is -4.52. The lowest BCUT2D eigenvalue weighted by Crippen LogP contribution is -2.11. The van der Waals surface area contributed by atoms with E-state index in [0.29, 0.717) is 38.5 Å². The standard InChI is InChI=1S/C24H18F3N5O3S2/c1-34-16-5-7-17(8-6-16)35-12-20-30-31-23(32(20)15-4-2-3-14(11-15)24(25,26)27)37-13-19-28-18-9-10-36-21(18)22(33)29-19/h2-11H,12-13H2,1H3,(H,28,29,33). The average Bonchev–Trinajstić information content (AvgIpc) is 3.53. The highest BCUT2D eigenvalue weighted by molar-refractivity contribution is 7.98. The highest BCUT2D eigenvalue weighted by atomic mass is 32.2. The largest absolute Gasteiger partial charge is 0.497 e. The van der Waals surface area contributed by atoms with E-state index in [9.17, 15) is 18.0 Å². The fourth-order valence-corrected chi connectivity index (χ4v) is 5.08. The maximum absolute atomic E-state index is 13.4. The van der Waals surface area contributed by atoms with Gasteiger partial charge in [0.15, 0.2) is 11.0 Å². The van der Waals surface area contributed by atoms with E-state index in [1.807, 2.05) is 0 Å². The smallest absolute Gasteiger partial charge is 0.416 e. The summed E-state index contributed by atoms with van der Waals surface area (Å²) in [5.74, 6) is 2.12. The number of hydrogen-bond donors (Lipinski definition) is 1. The fraction of sp³-hybridized carbons (Fsp3) is 0.167. The number of rotatable bonds is 8. The van der Waals surface area contributed by atoms with E-state index < -0.39 is 11.7 Å². The predicted octanol–water partition coefficient (Wildman–Crippen LogP) is 5.46. The van der Waals surface area contributed by atoms with Crippen LogP contribution in [0.5, 0.6) is 11.5 Å². The van der Waals surface area contributed by atoms with Crippen molar-refractivity contribution in [1.82, 2.24) is 24.7 Å². The van der Waals surface area contributed by atoms with E-state index in [4.69, 9.17) is 9.47 Å². The number of halogens is 3. The topological polar surface area (TPSA) is 94.9 Å². The van der Waals surface area contributed by atoms with Gasteiger partial charge in [0.2, 0.25) is 0 Å². The molecule has 0 unspecified atom stereocenters. The summed E-state index contributed by atoms with van der Waals surface area (Å²) in [5, 5.41) is 10.5. The zero-order valence-electron chi connectivity index (χ0n) is 19.2. The van der Waals surface area contributed by atoms with Crippen molar-refractivity contribution in [2.45, 2.75) is 23.7 Å². The minimum Gasteiger partial charge on any atom is -0.497 e. The molecule has 190 valence electrons. The van der Waals surface area contributed by atoms with Crippen molar-refractivity contribution in [3.8, 4) is 17.2 Å². The Hall–Kier alpha value is -3.84. The first-order valence-corrected chi connectivity index (χ1v) is 12.7. The lowest BCUT2D eigenvalue weighted by atomic mass is 10.2. The molecule has 1 N–H and O–H groups in total. The number of H-pyrrole nitrogens is 1. The lowest BCUT2D eigenvalue weighted by molar-refractivity contribution is -0.137. The van der Waals surface area contributed by atoms with Crippen molar-refractivity contribution in [1.29, 1.82) is 0 Å². The molecule has 0 aliphatic rings. The first kappa shape index (κ1) is 24.8. The normalized spacial score (nSPS) is 11.7. The Bertz CT molecular complexity index is 1600. The van der Waals surface area contributed by atoms with E-state index >= 15 is 0 Å². The molecule has 0 saturated heterocycles. The molecule has 3 aromatic heterocycles. The average molecular weight is 546 g/mol. The molecule has 0 amide bonds. The number of nitrogens with one attached hydrogen (secondary N) is 1. The van der Waals surface area contributed by atoms with Gasteiger partial charge in [-0.2, -0.15) is 13.2 Å². The quantitative estimate of drug-likeness (QED) is 0.259. The Morgan fingerprint density at radius 3 is 2.62 bits per heavy atom. The number of aromatic amines is 1. The molecular weight excluding hydrogens is 527 g/mol. The van der Waals surface area contributed by atoms with Gasteiger partial charge < -0.3 is 14.5 Å². The van der Waals surface area contributed by atoms with E-state index in [2.05, 4.69) is 20.2 Å². The van der Waals surface area contributed by atoms with Crippen LogP contribution < -0.4 is 15.0 Å². The summed E-state index contributed by atoms with van der Waals surface area (Å²) in [6.45, 7) is -0.0495. The maximum Gasteiger partial charge on any atom is 0.416 e. The summed E-state index contributed by atoms with van der Waals surface area (Å²) < 4.78 is 53.3. The molecule has 5 rings (SSSR count). The van der Waals surface area contributed by atoms with Crippen LogP contribution in [-0.2, 0) is 18.5 Å². The van der Waals surface area contributed by atoms with Crippen LogP contribution in [0.1, 0.15) is 17.2 Å². The fourth-order valence-electron chi connectivity index (χ4n) is 3.51. The Balaban J connectivity index is 1.46. The van der Waals surface area contributed by atoms with E-state index in [0.717, 1.165) is 12.1 Å². The molecule has 37 heavy (non-hydrogen) atoms. The minimum atomic E-state index is -4.52. The Morgan fingerprint density at radius 1 is 1.08 bits per heavy atom. The molecule has 0 atom stereocenters. The van der Waals surface area contributed by atoms with Gasteiger partial charge in [0.05, 0.1) is 29.6 Å². The number of hydrogen-bond acceptors (Lipinski definition) is 8. The molecule has 0 saturated carbocycles. The molecule has 0 fully saturated rings. The van der Waals surface area contributed by atoms with Crippen LogP contribution >= 0.6 is 23.1 Å². The van der Waals surface area contributed by atoms with Gasteiger partial charge >= 0.3 is 6.18 Å². The number of fused-ring (bicyclic) bond motifs is 1. The minimum absolute atomic E-state index is 0.0495. The van der Waals surface area contributed by atoms with Gasteiger partial charge in [-0.1, -0.05) is 17.8 Å². The molecule has 0 bridgehead atoms. The molecule has 2 aromatic carbocycles. The van der Waals surface area contributed by atoms with Gasteiger partial charge in [0, 0.05) is 0 Å². The Labute approximate surface area is 216 Å². The summed E-state index contributed by atoms with van der Waals surface area (Å²) in [6, 6.07) is 13.5. The second-order valence-corrected chi connectivity index (χ2v) is 9.54. The number of nitrogens with zero attached hydrogens (tertiary/aromatic N) is 4. The SMILES string of the molecule is COc1ccc(OCc2nnc(SCc3nc4ccsc4c(=O)[nH]3)n2-c2cccc(C(F)(F)F)c2)cc1. The Kier molecular flexibility index (Phi) is 6.89. The third kappa shape index (κ3) is 5.47. The predicted molar refractivity (Wildman–Crippen MR) is 133 cm³/mol. The van der Waals surface area contributed by atoms with Crippen molar-refractivity contribution in [2.75, 3.05) is 7.11 Å². The summed E-state index contributed by atoms with van der Waals surface area (Å²) in [5.41, 5.74) is -0.239. The van der Waals surface area contributed by atoms with Crippen molar-refractivity contribution in [3.05, 3.63) is 87.5 Å². The number of thiophene rings is 1. The molecule has 0 aliphatic carbocycles. The highest BCUT2D eigenvalue weighted by Crippen LogP contribution is 2.32. The molecule has 3 heterocycles. The van der Waals surface area contributed by atoms with Crippen LogP contribution in [0, 0.1) is 0 Å². The first-order valence-electron chi connectivity index (χ1n) is 10.8. The first-order chi connectivity index (χ1) is 17.8. The van der Waals surface area contributed by atoms with Crippen LogP contribution in [0.4, 0.5) is 13.2 Å². The molecule has 13 heteroatoms. The highest BCUT2D eigenvalue weighted by Gasteiger charge is 2.31. The molecule has 0 spiro atoms. The van der Waals surface area contributed by atoms with Crippen LogP contribution in [-0.4, -0.2) is 31.8 Å². The monoisotopic (exact) mass is 545 g/mol. The molecular formula is C24H18F3N5O3S2. The van der Waals surface area contributed by atoms with E-state index in [1.165, 1.54) is 39.8 Å². The third-order valence-corrected chi connectivity index (χ3v) is 7.10. The number of ether oxygens (including phenoxy) is 2. The van der Waals surface area contributed by atoms with Gasteiger partial charge in [0.25, 0.3) is 5.56 Å². The number of thioether (sulfide) groups is 1. The van der Waals surface area contributed by atoms with Gasteiger partial charge in [-0.25, -0.2) is 4.98 Å². The van der Waals surface area contributed by atoms with E-state index in [-0.39, 0.29) is 23.6 Å². The molecule has 0 aliphatic heterocycles. The number of aromatic nitrogens is 5. The zero-order chi connectivity index (χ0) is 26.0. The number of methoxy groups -OCH3 is 1. The van der Waals surface area contributed by atoms with Crippen molar-refractivity contribution in [3.63, 3.8) is 0 Å². The molecule has 0 radical (unpaired) electrons. The van der Waals surface area contributed by atoms with Crippen LogP contribution in [0.3, 0.4) is 0 Å². The summed E-state index contributed by atoms with van der Waals surface area (Å²) >= 11 is 2.48. The van der Waals surface area contributed by atoms with Gasteiger partial charge in [0.1, 0.15) is 28.6 Å². The van der Waals surface area contributed by atoms with Crippen molar-refractivity contribution < 1.29 is 22.6 Å². The van der Waals surface area contributed by atoms with Gasteiger partial charge in [-0.15, -0.1) is 21.5 Å². The van der Waals surface area contributed by atoms with Crippen molar-refractivity contribution >= 4 is 33.3 Å². The second-order valence-electron chi connectivity index (χ2n) is 7.68. The second kappa shape index (κ2) is 10.3. The number of benzene rings is 2. The molecule has 8 nitrogen and oxygen atoms in total.